The van der Waals surface area contributed by atoms with Crippen LogP contribution in [0, 0.1) is 24.2 Å². The van der Waals surface area contributed by atoms with Crippen molar-refractivity contribution in [3.05, 3.63) is 41.3 Å². The molecule has 0 aromatic carbocycles. The van der Waals surface area contributed by atoms with E-state index in [1.807, 2.05) is 36.1 Å². The molecule has 0 radical (unpaired) electrons. The van der Waals surface area contributed by atoms with Crippen molar-refractivity contribution in [1.82, 2.24) is 15.2 Å². The molecule has 3 heterocycles. The highest BCUT2D eigenvalue weighted by Crippen LogP contribution is 2.25. The molecule has 2 aromatic heterocycles. The van der Waals surface area contributed by atoms with Gasteiger partial charge in [-0.1, -0.05) is 6.07 Å². The molecular formula is C15H17N5O. The van der Waals surface area contributed by atoms with Gasteiger partial charge < -0.3 is 10.0 Å². The van der Waals surface area contributed by atoms with Gasteiger partial charge in [-0.15, -0.1) is 0 Å². The third-order valence-electron chi connectivity index (χ3n) is 3.81. The van der Waals surface area contributed by atoms with Crippen molar-refractivity contribution in [3.63, 3.8) is 0 Å². The number of hydrogen-bond acceptors (Lipinski definition) is 5. The van der Waals surface area contributed by atoms with Gasteiger partial charge in [0.05, 0.1) is 11.8 Å². The second-order valence-corrected chi connectivity index (χ2v) is 5.47. The number of anilines is 1. The number of aliphatic hydroxyl groups is 1. The van der Waals surface area contributed by atoms with Crippen LogP contribution in [0.25, 0.3) is 0 Å². The summed E-state index contributed by atoms with van der Waals surface area (Å²) in [5.74, 6) is 0.869. The molecule has 0 spiro atoms. The van der Waals surface area contributed by atoms with Crippen LogP contribution in [0.3, 0.4) is 0 Å². The molecule has 0 aliphatic carbocycles. The fraction of sp³-hybridized carbons (Fsp3) is 0.400. The highest BCUT2D eigenvalue weighted by Gasteiger charge is 2.32. The number of aromatic nitrogens is 3. The lowest BCUT2D eigenvalue weighted by Gasteiger charge is -2.16. The van der Waals surface area contributed by atoms with Crippen LogP contribution in [0.2, 0.25) is 0 Å². The number of aromatic amines is 1. The maximum Gasteiger partial charge on any atom is 0.142 e. The Morgan fingerprint density at radius 3 is 3.05 bits per heavy atom. The molecule has 3 rings (SSSR count). The molecule has 6 nitrogen and oxygen atoms in total. The first kappa shape index (κ1) is 13.6. The van der Waals surface area contributed by atoms with Gasteiger partial charge in [-0.2, -0.15) is 10.4 Å². The molecule has 0 bridgehead atoms. The van der Waals surface area contributed by atoms with Gasteiger partial charge in [-0.3, -0.25) is 5.10 Å². The van der Waals surface area contributed by atoms with Crippen molar-refractivity contribution in [2.45, 2.75) is 19.4 Å². The van der Waals surface area contributed by atoms with Crippen LogP contribution in [0.5, 0.6) is 0 Å². The summed E-state index contributed by atoms with van der Waals surface area (Å²) in [5.41, 5.74) is 2.39. The number of β-amino-alcohol motifs (C(OH)–C–C–N with tert-alkyl or cyclic N) is 1. The molecule has 6 heteroatoms. The smallest absolute Gasteiger partial charge is 0.142 e. The lowest BCUT2D eigenvalue weighted by atomic mass is 10.0. The Labute approximate surface area is 123 Å². The third kappa shape index (κ3) is 2.88. The van der Waals surface area contributed by atoms with Crippen molar-refractivity contribution in [2.75, 3.05) is 18.0 Å². The monoisotopic (exact) mass is 283 g/mol. The predicted molar refractivity (Wildman–Crippen MR) is 77.7 cm³/mol. The zero-order valence-electron chi connectivity index (χ0n) is 11.8. The van der Waals surface area contributed by atoms with Gasteiger partial charge >= 0.3 is 0 Å². The van der Waals surface area contributed by atoms with E-state index < -0.39 is 6.10 Å². The first-order chi connectivity index (χ1) is 10.2. The van der Waals surface area contributed by atoms with Crippen molar-refractivity contribution < 1.29 is 5.11 Å². The van der Waals surface area contributed by atoms with Gasteiger partial charge in [-0.05, 0) is 31.5 Å². The number of rotatable bonds is 3. The maximum absolute atomic E-state index is 10.2. The minimum Gasteiger partial charge on any atom is -0.391 e. The summed E-state index contributed by atoms with van der Waals surface area (Å²) in [4.78, 5) is 6.31. The van der Waals surface area contributed by atoms with Gasteiger partial charge in [-0.25, -0.2) is 4.98 Å². The highest BCUT2D eigenvalue weighted by molar-refractivity contribution is 5.43. The van der Waals surface area contributed by atoms with Crippen LogP contribution < -0.4 is 4.90 Å². The van der Waals surface area contributed by atoms with E-state index in [9.17, 15) is 5.11 Å². The predicted octanol–water partition coefficient (Wildman–Crippen LogP) is 1.02. The molecule has 21 heavy (non-hydrogen) atoms. The van der Waals surface area contributed by atoms with Gasteiger partial charge in [0, 0.05) is 24.7 Å². The van der Waals surface area contributed by atoms with Crippen LogP contribution >= 0.6 is 0 Å². The molecule has 0 unspecified atom stereocenters. The molecule has 2 atom stereocenters. The second kappa shape index (κ2) is 5.54. The Balaban J connectivity index is 1.72. The quantitative estimate of drug-likeness (QED) is 0.878. The van der Waals surface area contributed by atoms with E-state index in [0.717, 1.165) is 30.2 Å². The molecule has 1 fully saturated rings. The standard InChI is InChI=1S/C15H17N5O/c1-10-5-13(19-18-10)6-11-8-20(9-14(11)21)15-4-2-3-12(7-16)17-15/h2-5,11,14,21H,6,8-9H2,1H3,(H,18,19)/t11-,14+/m1/s1. The van der Waals surface area contributed by atoms with Crippen molar-refractivity contribution in [2.24, 2.45) is 5.92 Å². The maximum atomic E-state index is 10.2. The molecule has 108 valence electrons. The zero-order valence-corrected chi connectivity index (χ0v) is 11.8. The average molecular weight is 283 g/mol. The lowest BCUT2D eigenvalue weighted by molar-refractivity contribution is 0.148. The fourth-order valence-electron chi connectivity index (χ4n) is 2.75. The second-order valence-electron chi connectivity index (χ2n) is 5.47. The molecule has 0 saturated carbocycles. The number of nitriles is 1. The number of hydrogen-bond donors (Lipinski definition) is 2. The van der Waals surface area contributed by atoms with Crippen LogP contribution in [-0.2, 0) is 6.42 Å². The Morgan fingerprint density at radius 2 is 2.33 bits per heavy atom. The number of aryl methyl sites for hydroxylation is 1. The molecule has 0 amide bonds. The largest absolute Gasteiger partial charge is 0.391 e. The van der Waals surface area contributed by atoms with Gasteiger partial charge in [0.2, 0.25) is 0 Å². The normalized spacial score (nSPS) is 21.5. The van der Waals surface area contributed by atoms with Gasteiger partial charge in [0.25, 0.3) is 0 Å². The number of nitrogens with zero attached hydrogens (tertiary/aromatic N) is 4. The van der Waals surface area contributed by atoms with E-state index in [2.05, 4.69) is 15.2 Å². The first-order valence-corrected chi connectivity index (χ1v) is 6.97. The van der Waals surface area contributed by atoms with Crippen LogP contribution in [-0.4, -0.2) is 39.5 Å². The van der Waals surface area contributed by atoms with Crippen LogP contribution in [0.4, 0.5) is 5.82 Å². The zero-order chi connectivity index (χ0) is 14.8. The summed E-state index contributed by atoms with van der Waals surface area (Å²) in [6, 6.07) is 9.41. The van der Waals surface area contributed by atoms with Gasteiger partial charge in [0.1, 0.15) is 17.6 Å². The minimum absolute atomic E-state index is 0.125. The molecule has 1 saturated heterocycles. The van der Waals surface area contributed by atoms with Crippen molar-refractivity contribution in [1.29, 1.82) is 5.26 Å². The number of aliphatic hydroxyl groups excluding tert-OH is 1. The summed E-state index contributed by atoms with van der Waals surface area (Å²) in [6.45, 7) is 3.22. The van der Waals surface area contributed by atoms with Crippen LogP contribution in [0.1, 0.15) is 17.1 Å². The third-order valence-corrected chi connectivity index (χ3v) is 3.81. The average Bonchev–Trinajstić information content (AvgIpc) is 3.06. The van der Waals surface area contributed by atoms with E-state index >= 15 is 0 Å². The Bertz CT molecular complexity index is 675. The van der Waals surface area contributed by atoms with E-state index in [1.165, 1.54) is 0 Å². The molecule has 2 aromatic rings. The Kier molecular flexibility index (Phi) is 3.59. The molecular weight excluding hydrogens is 266 g/mol. The lowest BCUT2D eigenvalue weighted by Crippen LogP contribution is -2.22. The number of pyridine rings is 1. The minimum atomic E-state index is -0.408. The fourth-order valence-corrected chi connectivity index (χ4v) is 2.75. The van der Waals surface area contributed by atoms with Gasteiger partial charge in [0.15, 0.2) is 0 Å². The van der Waals surface area contributed by atoms with Crippen molar-refractivity contribution >= 4 is 5.82 Å². The first-order valence-electron chi connectivity index (χ1n) is 6.97. The van der Waals surface area contributed by atoms with Crippen molar-refractivity contribution in [3.8, 4) is 6.07 Å². The Hall–Kier alpha value is -2.39. The summed E-state index contributed by atoms with van der Waals surface area (Å²) >= 11 is 0. The molecule has 2 N–H and O–H groups in total. The van der Waals surface area contributed by atoms with E-state index in [1.54, 1.807) is 6.07 Å². The topological polar surface area (TPSA) is 88.8 Å². The number of nitrogens with one attached hydrogen (secondary N) is 1. The number of H-pyrrole nitrogens is 1. The SMILES string of the molecule is Cc1cc(C[C@@H]2CN(c3cccc(C#N)n3)C[C@@H]2O)n[nH]1. The molecule has 1 aliphatic rings. The van der Waals surface area contributed by atoms with E-state index in [-0.39, 0.29) is 5.92 Å². The van der Waals surface area contributed by atoms with E-state index in [4.69, 9.17) is 5.26 Å². The molecule has 1 aliphatic heterocycles. The Morgan fingerprint density at radius 1 is 1.48 bits per heavy atom. The van der Waals surface area contributed by atoms with Crippen LogP contribution in [0.15, 0.2) is 24.3 Å². The summed E-state index contributed by atoms with van der Waals surface area (Å²) in [7, 11) is 0. The van der Waals surface area contributed by atoms with E-state index in [0.29, 0.717) is 12.2 Å². The summed E-state index contributed by atoms with van der Waals surface area (Å²) in [5, 5.41) is 26.3. The highest BCUT2D eigenvalue weighted by atomic mass is 16.3. The summed E-state index contributed by atoms with van der Waals surface area (Å²) < 4.78 is 0. The summed E-state index contributed by atoms with van der Waals surface area (Å²) in [6.07, 6.45) is 0.328.